The van der Waals surface area contributed by atoms with Crippen LogP contribution >= 0.6 is 23.2 Å². The van der Waals surface area contributed by atoms with Crippen LogP contribution in [0.25, 0.3) is 0 Å². The van der Waals surface area contributed by atoms with Crippen LogP contribution in [0.3, 0.4) is 0 Å². The third-order valence-corrected chi connectivity index (χ3v) is 2.68. The number of aliphatic carboxylic acids is 1. The lowest BCUT2D eigenvalue weighted by Crippen LogP contribution is -2.16. The normalized spacial score (nSPS) is 10.8. The Balaban J connectivity index is 0. The molecule has 1 N–H and O–H groups in total. The highest BCUT2D eigenvalue weighted by molar-refractivity contribution is 6.32. The minimum absolute atomic E-state index is 0.126. The van der Waals surface area contributed by atoms with E-state index in [1.807, 2.05) is 0 Å². The second kappa shape index (κ2) is 12.9. The molecule has 0 aromatic carbocycles. The summed E-state index contributed by atoms with van der Waals surface area (Å²) in [4.78, 5) is 41.6. The van der Waals surface area contributed by atoms with Crippen LogP contribution in [0, 0.1) is 0 Å². The van der Waals surface area contributed by atoms with E-state index in [1.165, 1.54) is 0 Å². The van der Waals surface area contributed by atoms with Crippen molar-refractivity contribution in [1.82, 2.24) is 0 Å². The predicted molar refractivity (Wildman–Crippen MR) is 74.2 cm³/mol. The van der Waals surface area contributed by atoms with Gasteiger partial charge in [0.25, 0.3) is 0 Å². The van der Waals surface area contributed by atoms with E-state index in [1.54, 1.807) is 13.8 Å². The minimum Gasteiger partial charge on any atom is -0.481 e. The first-order valence-corrected chi connectivity index (χ1v) is 6.87. The Morgan fingerprint density at radius 3 is 2.05 bits per heavy atom. The van der Waals surface area contributed by atoms with Gasteiger partial charge in [0.05, 0.1) is 17.9 Å². The number of ketones is 2. The molecule has 0 saturated carbocycles. The quantitative estimate of drug-likeness (QED) is 0.414. The highest BCUT2D eigenvalue weighted by Gasteiger charge is 2.15. The van der Waals surface area contributed by atoms with Gasteiger partial charge in [-0.3, -0.25) is 19.2 Å². The van der Waals surface area contributed by atoms with E-state index in [0.717, 1.165) is 0 Å². The van der Waals surface area contributed by atoms with Gasteiger partial charge in [0, 0.05) is 0 Å². The molecule has 0 aliphatic heterocycles. The fraction of sp³-hybridized carbons (Fsp3) is 0.667. The van der Waals surface area contributed by atoms with Crippen molar-refractivity contribution in [3.63, 3.8) is 0 Å². The van der Waals surface area contributed by atoms with Crippen molar-refractivity contribution in [2.24, 2.45) is 0 Å². The van der Waals surface area contributed by atoms with E-state index in [9.17, 15) is 19.2 Å². The third kappa shape index (κ3) is 13.3. The third-order valence-electron chi connectivity index (χ3n) is 1.83. The Kier molecular flexibility index (Phi) is 13.6. The summed E-state index contributed by atoms with van der Waals surface area (Å²) in [5.41, 5.74) is 0. The lowest BCUT2D eigenvalue weighted by atomic mass is 10.2. The first kappa shape index (κ1) is 21.2. The molecule has 0 fully saturated rings. The first-order chi connectivity index (χ1) is 9.28. The van der Waals surface area contributed by atoms with Crippen molar-refractivity contribution < 1.29 is 29.0 Å². The van der Waals surface area contributed by atoms with Crippen LogP contribution in [0.1, 0.15) is 33.1 Å². The average molecular weight is 329 g/mol. The number of ether oxygens (including phenoxy) is 1. The standard InChI is InChI=1S/2C6H9ClO3/c1-2-10-6(9)3-5(8)4-7;1-2-4(7)5(8)3-6(9)10/h2-4H2,1H3;4H,2-3H2,1H3,(H,9,10). The van der Waals surface area contributed by atoms with E-state index >= 15 is 0 Å². The van der Waals surface area contributed by atoms with Gasteiger partial charge in [-0.15, -0.1) is 23.2 Å². The summed E-state index contributed by atoms with van der Waals surface area (Å²) in [5.74, 6) is -2.48. The Morgan fingerprint density at radius 1 is 1.15 bits per heavy atom. The fourth-order valence-corrected chi connectivity index (χ4v) is 1.08. The maximum Gasteiger partial charge on any atom is 0.313 e. The summed E-state index contributed by atoms with van der Waals surface area (Å²) in [6.07, 6.45) is -0.201. The number of carbonyl (C=O) groups is 4. The van der Waals surface area contributed by atoms with Gasteiger partial charge in [-0.05, 0) is 13.3 Å². The van der Waals surface area contributed by atoms with Gasteiger partial charge in [0.1, 0.15) is 12.8 Å². The Hall–Kier alpha value is -1.14. The molecule has 8 heteroatoms. The van der Waals surface area contributed by atoms with E-state index < -0.39 is 29.5 Å². The molecule has 0 amide bonds. The number of rotatable bonds is 8. The molecule has 20 heavy (non-hydrogen) atoms. The van der Waals surface area contributed by atoms with Crippen LogP contribution in [-0.4, -0.2) is 46.5 Å². The molecule has 0 bridgehead atoms. The monoisotopic (exact) mass is 328 g/mol. The molecule has 0 aliphatic rings. The largest absolute Gasteiger partial charge is 0.481 e. The lowest BCUT2D eigenvalue weighted by Gasteiger charge is -2.00. The Labute approximate surface area is 127 Å². The van der Waals surface area contributed by atoms with Crippen molar-refractivity contribution in [3.8, 4) is 0 Å². The Morgan fingerprint density at radius 2 is 1.70 bits per heavy atom. The maximum atomic E-state index is 10.7. The molecule has 0 aliphatic carbocycles. The summed E-state index contributed by atoms with van der Waals surface area (Å²) in [5, 5.41) is 7.51. The fourth-order valence-electron chi connectivity index (χ4n) is 0.908. The van der Waals surface area contributed by atoms with Gasteiger partial charge in [-0.1, -0.05) is 6.92 Å². The topological polar surface area (TPSA) is 97.7 Å². The van der Waals surface area contributed by atoms with Crippen LogP contribution in [-0.2, 0) is 23.9 Å². The first-order valence-electron chi connectivity index (χ1n) is 5.90. The van der Waals surface area contributed by atoms with Crippen LogP contribution < -0.4 is 0 Å². The van der Waals surface area contributed by atoms with Crippen molar-refractivity contribution in [1.29, 1.82) is 0 Å². The number of alkyl halides is 2. The second-order valence-corrected chi connectivity index (χ2v) is 4.36. The van der Waals surface area contributed by atoms with Gasteiger partial charge < -0.3 is 9.84 Å². The molecule has 0 aromatic rings. The molecular weight excluding hydrogens is 311 g/mol. The molecule has 1 unspecified atom stereocenters. The molecule has 0 spiro atoms. The zero-order valence-corrected chi connectivity index (χ0v) is 12.9. The Bertz CT molecular complexity index is 343. The summed E-state index contributed by atoms with van der Waals surface area (Å²) in [6.45, 7) is 3.72. The molecule has 0 rings (SSSR count). The molecule has 0 radical (unpaired) electrons. The van der Waals surface area contributed by atoms with Crippen molar-refractivity contribution in [2.45, 2.75) is 38.5 Å². The number of carbonyl (C=O) groups excluding carboxylic acids is 3. The van der Waals surface area contributed by atoms with E-state index in [0.29, 0.717) is 13.0 Å². The highest BCUT2D eigenvalue weighted by Crippen LogP contribution is 2.04. The number of carboxylic acid groups (broad SMARTS) is 1. The van der Waals surface area contributed by atoms with Crippen molar-refractivity contribution in [3.05, 3.63) is 0 Å². The summed E-state index contributed by atoms with van der Waals surface area (Å²) in [7, 11) is 0. The lowest BCUT2D eigenvalue weighted by molar-refractivity contribution is -0.145. The molecule has 0 heterocycles. The highest BCUT2D eigenvalue weighted by atomic mass is 35.5. The van der Waals surface area contributed by atoms with E-state index in [4.69, 9.17) is 28.3 Å². The van der Waals surface area contributed by atoms with Crippen LogP contribution in [0.15, 0.2) is 0 Å². The van der Waals surface area contributed by atoms with Crippen molar-refractivity contribution >= 4 is 46.7 Å². The average Bonchev–Trinajstić information content (AvgIpc) is 2.37. The van der Waals surface area contributed by atoms with Crippen molar-refractivity contribution in [2.75, 3.05) is 12.5 Å². The minimum atomic E-state index is -1.12. The second-order valence-electron chi connectivity index (χ2n) is 3.57. The number of hydrogen-bond donors (Lipinski definition) is 1. The SMILES string of the molecule is CCC(Cl)C(=O)CC(=O)O.CCOC(=O)CC(=O)CCl. The zero-order valence-electron chi connectivity index (χ0n) is 11.4. The van der Waals surface area contributed by atoms with Crippen LogP contribution in [0.4, 0.5) is 0 Å². The summed E-state index contributed by atoms with van der Waals surface area (Å²) < 4.78 is 4.50. The van der Waals surface area contributed by atoms with Crippen LogP contribution in [0.2, 0.25) is 0 Å². The molecule has 1 atom stereocenters. The van der Waals surface area contributed by atoms with E-state index in [2.05, 4.69) is 4.74 Å². The number of halogens is 2. The van der Waals surface area contributed by atoms with E-state index in [-0.39, 0.29) is 18.1 Å². The predicted octanol–water partition coefficient (Wildman–Crippen LogP) is 1.80. The molecule has 0 saturated heterocycles. The molecular formula is C12H18Cl2O6. The molecule has 6 nitrogen and oxygen atoms in total. The number of carboxylic acids is 1. The van der Waals surface area contributed by atoms with Gasteiger partial charge in [0.2, 0.25) is 0 Å². The summed E-state index contributed by atoms with van der Waals surface area (Å²) >= 11 is 10.6. The zero-order chi connectivity index (χ0) is 16.1. The van der Waals surface area contributed by atoms with Gasteiger partial charge >= 0.3 is 11.9 Å². The molecule has 116 valence electrons. The number of Topliss-reactive ketones (excluding diaryl/α,β-unsaturated/α-hetero) is 2. The van der Waals surface area contributed by atoms with Gasteiger partial charge in [-0.25, -0.2) is 0 Å². The number of hydrogen-bond acceptors (Lipinski definition) is 5. The smallest absolute Gasteiger partial charge is 0.313 e. The van der Waals surface area contributed by atoms with Gasteiger partial charge in [0.15, 0.2) is 11.6 Å². The molecule has 0 aromatic heterocycles. The number of esters is 1. The summed E-state index contributed by atoms with van der Waals surface area (Å²) in [6, 6.07) is 0. The van der Waals surface area contributed by atoms with Gasteiger partial charge in [-0.2, -0.15) is 0 Å². The maximum absolute atomic E-state index is 10.7. The van der Waals surface area contributed by atoms with Crippen LogP contribution in [0.5, 0.6) is 0 Å².